The Bertz CT molecular complexity index is 519. The SMILES string of the molecule is CN1CCC(NC(=O)NCCc2ccccc2C(=O)O)C1. The normalized spacial score (nSPS) is 18.4. The first kappa shape index (κ1) is 15.3. The monoisotopic (exact) mass is 291 g/mol. The number of rotatable bonds is 5. The van der Waals surface area contributed by atoms with Gasteiger partial charge < -0.3 is 20.6 Å². The summed E-state index contributed by atoms with van der Waals surface area (Å²) in [7, 11) is 2.03. The predicted molar refractivity (Wildman–Crippen MR) is 79.5 cm³/mol. The molecule has 1 atom stereocenters. The first-order valence-electron chi connectivity index (χ1n) is 7.10. The molecule has 6 nitrogen and oxygen atoms in total. The summed E-state index contributed by atoms with van der Waals surface area (Å²) in [6.07, 6.45) is 1.46. The molecule has 2 amide bonds. The van der Waals surface area contributed by atoms with Crippen molar-refractivity contribution in [2.75, 3.05) is 26.7 Å². The minimum Gasteiger partial charge on any atom is -0.478 e. The van der Waals surface area contributed by atoms with E-state index in [2.05, 4.69) is 15.5 Å². The van der Waals surface area contributed by atoms with Crippen LogP contribution in [0, 0.1) is 0 Å². The third-order valence-electron chi connectivity index (χ3n) is 3.65. The second-order valence-corrected chi connectivity index (χ2v) is 5.36. The van der Waals surface area contributed by atoms with Crippen LogP contribution >= 0.6 is 0 Å². The van der Waals surface area contributed by atoms with Crippen molar-refractivity contribution >= 4 is 12.0 Å². The molecule has 3 N–H and O–H groups in total. The summed E-state index contributed by atoms with van der Waals surface area (Å²) in [5.74, 6) is -0.941. The summed E-state index contributed by atoms with van der Waals surface area (Å²) in [6, 6.07) is 6.85. The summed E-state index contributed by atoms with van der Waals surface area (Å²) in [6.45, 7) is 2.28. The predicted octanol–water partition coefficient (Wildman–Crippen LogP) is 0.931. The molecular formula is C15H21N3O3. The molecule has 0 radical (unpaired) electrons. The van der Waals surface area contributed by atoms with E-state index in [1.165, 1.54) is 0 Å². The van der Waals surface area contributed by atoms with Crippen LogP contribution in [0.2, 0.25) is 0 Å². The summed E-state index contributed by atoms with van der Waals surface area (Å²) < 4.78 is 0. The number of urea groups is 1. The van der Waals surface area contributed by atoms with Crippen molar-refractivity contribution in [3.05, 3.63) is 35.4 Å². The molecule has 1 saturated heterocycles. The maximum absolute atomic E-state index is 11.8. The van der Waals surface area contributed by atoms with Crippen molar-refractivity contribution in [1.82, 2.24) is 15.5 Å². The Morgan fingerprint density at radius 2 is 2.14 bits per heavy atom. The Morgan fingerprint density at radius 3 is 2.81 bits per heavy atom. The highest BCUT2D eigenvalue weighted by molar-refractivity contribution is 5.89. The largest absolute Gasteiger partial charge is 0.478 e. The van der Waals surface area contributed by atoms with Gasteiger partial charge in [0, 0.05) is 19.1 Å². The van der Waals surface area contributed by atoms with E-state index in [0.29, 0.717) is 13.0 Å². The number of likely N-dealkylation sites (tertiary alicyclic amines) is 1. The van der Waals surface area contributed by atoms with E-state index < -0.39 is 5.97 Å². The third kappa shape index (κ3) is 4.46. The van der Waals surface area contributed by atoms with Gasteiger partial charge in [-0.3, -0.25) is 0 Å². The number of nitrogens with zero attached hydrogens (tertiary/aromatic N) is 1. The van der Waals surface area contributed by atoms with Gasteiger partial charge in [0.2, 0.25) is 0 Å². The van der Waals surface area contributed by atoms with E-state index in [1.54, 1.807) is 24.3 Å². The smallest absolute Gasteiger partial charge is 0.335 e. The van der Waals surface area contributed by atoms with Gasteiger partial charge in [-0.05, 0) is 38.1 Å². The number of benzene rings is 1. The van der Waals surface area contributed by atoms with Crippen molar-refractivity contribution in [2.24, 2.45) is 0 Å². The van der Waals surface area contributed by atoms with Gasteiger partial charge in [-0.1, -0.05) is 18.2 Å². The number of amides is 2. The second kappa shape index (κ2) is 7.08. The fourth-order valence-corrected chi connectivity index (χ4v) is 2.55. The zero-order valence-electron chi connectivity index (χ0n) is 12.1. The lowest BCUT2D eigenvalue weighted by atomic mass is 10.0. The number of hydrogen-bond donors (Lipinski definition) is 3. The molecule has 6 heteroatoms. The lowest BCUT2D eigenvalue weighted by molar-refractivity contribution is 0.0695. The van der Waals surface area contributed by atoms with Gasteiger partial charge in [-0.2, -0.15) is 0 Å². The Hall–Kier alpha value is -2.08. The highest BCUT2D eigenvalue weighted by atomic mass is 16.4. The van der Waals surface area contributed by atoms with Gasteiger partial charge in [0.1, 0.15) is 0 Å². The summed E-state index contributed by atoms with van der Waals surface area (Å²) in [5.41, 5.74) is 1.02. The molecule has 21 heavy (non-hydrogen) atoms. The van der Waals surface area contributed by atoms with Crippen molar-refractivity contribution in [3.63, 3.8) is 0 Å². The van der Waals surface area contributed by atoms with Crippen LogP contribution in [-0.4, -0.2) is 54.7 Å². The molecule has 1 unspecified atom stereocenters. The lowest BCUT2D eigenvalue weighted by Gasteiger charge is -2.14. The summed E-state index contributed by atoms with van der Waals surface area (Å²) >= 11 is 0. The molecule has 114 valence electrons. The number of carbonyl (C=O) groups excluding carboxylic acids is 1. The summed E-state index contributed by atoms with van der Waals surface area (Å²) in [5, 5.41) is 14.8. The lowest BCUT2D eigenvalue weighted by Crippen LogP contribution is -2.43. The topological polar surface area (TPSA) is 81.7 Å². The van der Waals surface area contributed by atoms with Crippen LogP contribution in [0.5, 0.6) is 0 Å². The molecule has 2 rings (SSSR count). The maximum Gasteiger partial charge on any atom is 0.335 e. The number of carboxylic acids is 1. The first-order valence-corrected chi connectivity index (χ1v) is 7.10. The number of aromatic carboxylic acids is 1. The number of carbonyl (C=O) groups is 2. The van der Waals surface area contributed by atoms with Gasteiger partial charge in [-0.15, -0.1) is 0 Å². The zero-order valence-corrected chi connectivity index (χ0v) is 12.1. The number of hydrogen-bond acceptors (Lipinski definition) is 3. The van der Waals surface area contributed by atoms with Gasteiger partial charge in [0.05, 0.1) is 5.56 Å². The average Bonchev–Trinajstić information content (AvgIpc) is 2.84. The van der Waals surface area contributed by atoms with Crippen LogP contribution in [0.15, 0.2) is 24.3 Å². The highest BCUT2D eigenvalue weighted by Gasteiger charge is 2.20. The molecule has 0 bridgehead atoms. The van der Waals surface area contributed by atoms with Crippen molar-refractivity contribution < 1.29 is 14.7 Å². The van der Waals surface area contributed by atoms with Gasteiger partial charge in [0.15, 0.2) is 0 Å². The molecule has 1 heterocycles. The Kier molecular flexibility index (Phi) is 5.16. The Labute approximate surface area is 124 Å². The fraction of sp³-hybridized carbons (Fsp3) is 0.467. The van der Waals surface area contributed by atoms with E-state index in [0.717, 1.165) is 25.1 Å². The molecule has 0 saturated carbocycles. The molecule has 0 spiro atoms. The molecule has 1 aromatic carbocycles. The fourth-order valence-electron chi connectivity index (χ4n) is 2.55. The Balaban J connectivity index is 1.76. The van der Waals surface area contributed by atoms with Crippen LogP contribution in [0.4, 0.5) is 4.79 Å². The van der Waals surface area contributed by atoms with E-state index >= 15 is 0 Å². The van der Waals surface area contributed by atoms with Crippen LogP contribution in [0.3, 0.4) is 0 Å². The van der Waals surface area contributed by atoms with Crippen molar-refractivity contribution in [2.45, 2.75) is 18.9 Å². The van der Waals surface area contributed by atoms with Gasteiger partial charge >= 0.3 is 12.0 Å². The Morgan fingerprint density at radius 1 is 1.38 bits per heavy atom. The quantitative estimate of drug-likeness (QED) is 0.754. The third-order valence-corrected chi connectivity index (χ3v) is 3.65. The highest BCUT2D eigenvalue weighted by Crippen LogP contribution is 2.09. The average molecular weight is 291 g/mol. The summed E-state index contributed by atoms with van der Waals surface area (Å²) in [4.78, 5) is 25.0. The van der Waals surface area contributed by atoms with E-state index in [-0.39, 0.29) is 17.6 Å². The molecule has 0 aromatic heterocycles. The standard InChI is InChI=1S/C15H21N3O3/c1-18-9-7-12(10-18)17-15(21)16-8-6-11-4-2-3-5-13(11)14(19)20/h2-5,12H,6-10H2,1H3,(H,19,20)(H2,16,17,21). The second-order valence-electron chi connectivity index (χ2n) is 5.36. The van der Waals surface area contributed by atoms with Crippen LogP contribution in [-0.2, 0) is 6.42 Å². The molecule has 1 fully saturated rings. The van der Waals surface area contributed by atoms with E-state index in [9.17, 15) is 9.59 Å². The van der Waals surface area contributed by atoms with Crippen molar-refractivity contribution in [3.8, 4) is 0 Å². The van der Waals surface area contributed by atoms with E-state index in [4.69, 9.17) is 5.11 Å². The minimum atomic E-state index is -0.941. The van der Waals surface area contributed by atoms with Crippen LogP contribution in [0.25, 0.3) is 0 Å². The molecule has 1 aromatic rings. The number of carboxylic acid groups (broad SMARTS) is 1. The van der Waals surface area contributed by atoms with Crippen LogP contribution in [0.1, 0.15) is 22.3 Å². The van der Waals surface area contributed by atoms with Gasteiger partial charge in [0.25, 0.3) is 0 Å². The molecule has 1 aliphatic rings. The van der Waals surface area contributed by atoms with Crippen molar-refractivity contribution in [1.29, 1.82) is 0 Å². The molecule has 1 aliphatic heterocycles. The molecule has 0 aliphatic carbocycles. The van der Waals surface area contributed by atoms with E-state index in [1.807, 2.05) is 7.05 Å². The van der Waals surface area contributed by atoms with Gasteiger partial charge in [-0.25, -0.2) is 9.59 Å². The van der Waals surface area contributed by atoms with Crippen LogP contribution < -0.4 is 10.6 Å². The maximum atomic E-state index is 11.8. The first-order chi connectivity index (χ1) is 10.1. The zero-order chi connectivity index (χ0) is 15.2. The minimum absolute atomic E-state index is 0.192. The molecular weight excluding hydrogens is 270 g/mol. The number of nitrogens with one attached hydrogen (secondary N) is 2. The number of likely N-dealkylation sites (N-methyl/N-ethyl adjacent to an activating group) is 1.